The van der Waals surface area contributed by atoms with Crippen molar-refractivity contribution in [3.63, 3.8) is 0 Å². The van der Waals surface area contributed by atoms with Crippen molar-refractivity contribution in [2.75, 3.05) is 6.54 Å². The molecule has 0 fully saturated rings. The van der Waals surface area contributed by atoms with E-state index in [0.717, 1.165) is 13.0 Å². The van der Waals surface area contributed by atoms with Crippen LogP contribution in [0.5, 0.6) is 0 Å². The largest absolute Gasteiger partial charge is 0.307 e. The number of nitrogens with zero attached hydrogens (tertiary/aromatic N) is 3. The number of rotatable bonds is 5. The summed E-state index contributed by atoms with van der Waals surface area (Å²) in [6, 6.07) is 10.4. The minimum atomic E-state index is 0.117. The Morgan fingerprint density at radius 2 is 2.12 bits per heavy atom. The van der Waals surface area contributed by atoms with E-state index in [4.69, 9.17) is 0 Å². The predicted molar refractivity (Wildman–Crippen MR) is 60.7 cm³/mol. The summed E-state index contributed by atoms with van der Waals surface area (Å²) in [5.74, 6) is 0.714. The third kappa shape index (κ3) is 2.64. The second-order valence-electron chi connectivity index (χ2n) is 3.57. The molecule has 0 aliphatic rings. The molecule has 2 rings (SSSR count). The van der Waals surface area contributed by atoms with Crippen LogP contribution in [0.2, 0.25) is 0 Å². The summed E-state index contributed by atoms with van der Waals surface area (Å²) < 4.78 is 0. The van der Waals surface area contributed by atoms with Gasteiger partial charge in [-0.15, -0.1) is 10.2 Å². The summed E-state index contributed by atoms with van der Waals surface area (Å²) in [4.78, 5) is 0. The van der Waals surface area contributed by atoms with Gasteiger partial charge >= 0.3 is 0 Å². The van der Waals surface area contributed by atoms with Gasteiger partial charge in [0.15, 0.2) is 5.82 Å². The predicted octanol–water partition coefficient (Wildman–Crippen LogP) is 1.09. The van der Waals surface area contributed by atoms with E-state index < -0.39 is 0 Å². The molecule has 5 nitrogen and oxygen atoms in total. The number of aromatic amines is 1. The van der Waals surface area contributed by atoms with Crippen LogP contribution in [0.25, 0.3) is 0 Å². The first kappa shape index (κ1) is 10.8. The third-order valence-electron chi connectivity index (χ3n) is 2.41. The summed E-state index contributed by atoms with van der Waals surface area (Å²) in [5, 5.41) is 17.5. The molecule has 1 unspecified atom stereocenters. The zero-order valence-electron chi connectivity index (χ0n) is 9.22. The molecule has 0 saturated carbocycles. The lowest BCUT2D eigenvalue weighted by Gasteiger charge is -2.13. The van der Waals surface area contributed by atoms with Crippen LogP contribution < -0.4 is 5.32 Å². The second kappa shape index (κ2) is 5.37. The van der Waals surface area contributed by atoms with E-state index in [-0.39, 0.29) is 6.04 Å². The van der Waals surface area contributed by atoms with Gasteiger partial charge in [-0.25, -0.2) is 0 Å². The molecule has 1 heterocycles. The van der Waals surface area contributed by atoms with Gasteiger partial charge in [0.05, 0.1) is 6.04 Å². The van der Waals surface area contributed by atoms with Gasteiger partial charge in [-0.05, 0) is 18.5 Å². The van der Waals surface area contributed by atoms with Crippen LogP contribution in [0.1, 0.15) is 24.4 Å². The van der Waals surface area contributed by atoms with Crippen LogP contribution >= 0.6 is 0 Å². The Kier molecular flexibility index (Phi) is 3.61. The van der Waals surface area contributed by atoms with Crippen molar-refractivity contribution in [1.29, 1.82) is 0 Å². The van der Waals surface area contributed by atoms with Gasteiger partial charge in [0.25, 0.3) is 0 Å². The molecule has 1 aromatic carbocycles. The molecule has 0 aliphatic heterocycles. The molecule has 0 bridgehead atoms. The molecule has 0 aliphatic carbocycles. The third-order valence-corrected chi connectivity index (χ3v) is 2.41. The molecule has 1 atom stereocenters. The zero-order valence-corrected chi connectivity index (χ0v) is 9.22. The van der Waals surface area contributed by atoms with Gasteiger partial charge in [-0.3, -0.25) is 0 Å². The van der Waals surface area contributed by atoms with Gasteiger partial charge in [-0.2, -0.15) is 5.21 Å². The molecule has 0 saturated heterocycles. The lowest BCUT2D eigenvalue weighted by Crippen LogP contribution is -2.24. The highest BCUT2D eigenvalue weighted by Crippen LogP contribution is 2.13. The molecular weight excluding hydrogens is 202 g/mol. The first-order chi connectivity index (χ1) is 7.90. The number of nitrogens with one attached hydrogen (secondary N) is 2. The average molecular weight is 217 g/mol. The molecule has 16 heavy (non-hydrogen) atoms. The summed E-state index contributed by atoms with van der Waals surface area (Å²) in [6.45, 7) is 2.95. The Morgan fingerprint density at radius 1 is 1.31 bits per heavy atom. The van der Waals surface area contributed by atoms with E-state index in [1.54, 1.807) is 0 Å². The highest BCUT2D eigenvalue weighted by Gasteiger charge is 2.15. The minimum absolute atomic E-state index is 0.117. The number of aromatic nitrogens is 4. The van der Waals surface area contributed by atoms with Crippen LogP contribution in [0, 0.1) is 0 Å². The SMILES string of the molecule is CCNC(Cc1ccccc1)c1nn[nH]n1. The van der Waals surface area contributed by atoms with Gasteiger partial charge < -0.3 is 5.32 Å². The van der Waals surface area contributed by atoms with Crippen molar-refractivity contribution in [2.45, 2.75) is 19.4 Å². The Morgan fingerprint density at radius 3 is 2.75 bits per heavy atom. The first-order valence-corrected chi connectivity index (χ1v) is 5.40. The molecule has 2 aromatic rings. The molecule has 2 N–H and O–H groups in total. The number of hydrogen-bond donors (Lipinski definition) is 2. The molecular formula is C11H15N5. The molecule has 0 spiro atoms. The summed E-state index contributed by atoms with van der Waals surface area (Å²) >= 11 is 0. The Hall–Kier alpha value is -1.75. The number of tetrazole rings is 1. The Balaban J connectivity index is 2.09. The van der Waals surface area contributed by atoms with Gasteiger partial charge in [0.2, 0.25) is 0 Å². The van der Waals surface area contributed by atoms with E-state index in [9.17, 15) is 0 Å². The van der Waals surface area contributed by atoms with Crippen LogP contribution in [-0.4, -0.2) is 27.2 Å². The lowest BCUT2D eigenvalue weighted by atomic mass is 10.1. The van der Waals surface area contributed by atoms with Crippen molar-refractivity contribution in [1.82, 2.24) is 25.9 Å². The van der Waals surface area contributed by atoms with E-state index in [1.165, 1.54) is 5.56 Å². The molecule has 84 valence electrons. The van der Waals surface area contributed by atoms with Crippen molar-refractivity contribution in [2.24, 2.45) is 0 Å². The fraction of sp³-hybridized carbons (Fsp3) is 0.364. The van der Waals surface area contributed by atoms with Crippen molar-refractivity contribution in [3.05, 3.63) is 41.7 Å². The minimum Gasteiger partial charge on any atom is -0.307 e. The number of benzene rings is 1. The first-order valence-electron chi connectivity index (χ1n) is 5.40. The van der Waals surface area contributed by atoms with E-state index >= 15 is 0 Å². The van der Waals surface area contributed by atoms with Crippen molar-refractivity contribution >= 4 is 0 Å². The van der Waals surface area contributed by atoms with Crippen LogP contribution in [0.3, 0.4) is 0 Å². The van der Waals surface area contributed by atoms with Gasteiger partial charge in [-0.1, -0.05) is 42.5 Å². The normalized spacial score (nSPS) is 12.6. The maximum atomic E-state index is 4.02. The number of likely N-dealkylation sites (N-methyl/N-ethyl adjacent to an activating group) is 1. The summed E-state index contributed by atoms with van der Waals surface area (Å²) in [5.41, 5.74) is 1.26. The fourth-order valence-electron chi connectivity index (χ4n) is 1.67. The standard InChI is InChI=1S/C11H15N5/c1-2-12-10(11-13-15-16-14-11)8-9-6-4-3-5-7-9/h3-7,10,12H,2,8H2,1H3,(H,13,14,15,16). The smallest absolute Gasteiger partial charge is 0.191 e. The Labute approximate surface area is 94.3 Å². The zero-order chi connectivity index (χ0) is 11.2. The lowest BCUT2D eigenvalue weighted by molar-refractivity contribution is 0.522. The van der Waals surface area contributed by atoms with Crippen LogP contribution in [0.15, 0.2) is 30.3 Å². The quantitative estimate of drug-likeness (QED) is 0.787. The van der Waals surface area contributed by atoms with E-state index in [2.05, 4.69) is 45.0 Å². The van der Waals surface area contributed by atoms with Crippen molar-refractivity contribution < 1.29 is 0 Å². The Bertz CT molecular complexity index is 398. The molecule has 0 radical (unpaired) electrons. The maximum absolute atomic E-state index is 4.02. The van der Waals surface area contributed by atoms with Gasteiger partial charge in [0, 0.05) is 0 Å². The molecule has 0 amide bonds. The maximum Gasteiger partial charge on any atom is 0.191 e. The van der Waals surface area contributed by atoms with E-state index in [0.29, 0.717) is 5.82 Å². The molecule has 1 aromatic heterocycles. The topological polar surface area (TPSA) is 66.5 Å². The average Bonchev–Trinajstić information content (AvgIpc) is 2.83. The number of hydrogen-bond acceptors (Lipinski definition) is 4. The second-order valence-corrected chi connectivity index (χ2v) is 3.57. The van der Waals surface area contributed by atoms with Gasteiger partial charge in [0.1, 0.15) is 0 Å². The van der Waals surface area contributed by atoms with E-state index in [1.807, 2.05) is 18.2 Å². The van der Waals surface area contributed by atoms with Crippen LogP contribution in [-0.2, 0) is 6.42 Å². The van der Waals surface area contributed by atoms with Crippen LogP contribution in [0.4, 0.5) is 0 Å². The summed E-state index contributed by atoms with van der Waals surface area (Å²) in [7, 11) is 0. The number of H-pyrrole nitrogens is 1. The highest BCUT2D eigenvalue weighted by atomic mass is 15.5. The van der Waals surface area contributed by atoms with Crippen molar-refractivity contribution in [3.8, 4) is 0 Å². The molecule has 5 heteroatoms. The highest BCUT2D eigenvalue weighted by molar-refractivity contribution is 5.17. The summed E-state index contributed by atoms with van der Waals surface area (Å²) in [6.07, 6.45) is 0.869. The monoisotopic (exact) mass is 217 g/mol. The fourth-order valence-corrected chi connectivity index (χ4v) is 1.67.